The third kappa shape index (κ3) is 9.50. The predicted molar refractivity (Wildman–Crippen MR) is 159 cm³/mol. The number of aliphatic hydroxyl groups excluding tert-OH is 2. The maximum atomic E-state index is 12.3. The van der Waals surface area contributed by atoms with Crippen LogP contribution in [0.5, 0.6) is 5.75 Å². The zero-order valence-electron chi connectivity index (χ0n) is 24.3. The van der Waals surface area contributed by atoms with E-state index in [1.807, 2.05) is 42.3 Å². The smallest absolute Gasteiger partial charge is 0.325 e. The van der Waals surface area contributed by atoms with E-state index in [1.165, 1.54) is 0 Å². The van der Waals surface area contributed by atoms with Crippen LogP contribution in [-0.4, -0.2) is 71.6 Å². The van der Waals surface area contributed by atoms with Crippen LogP contribution in [0.15, 0.2) is 72.8 Å². The summed E-state index contributed by atoms with van der Waals surface area (Å²) in [6.45, 7) is 2.43. The Kier molecular flexibility index (Phi) is 11.5. The van der Waals surface area contributed by atoms with Crippen molar-refractivity contribution in [1.82, 2.24) is 10.2 Å². The lowest BCUT2D eigenvalue weighted by Gasteiger charge is -2.38. The molecule has 0 aliphatic carbocycles. The van der Waals surface area contributed by atoms with E-state index >= 15 is 0 Å². The van der Waals surface area contributed by atoms with Gasteiger partial charge in [-0.2, -0.15) is 0 Å². The molecule has 2 amide bonds. The summed E-state index contributed by atoms with van der Waals surface area (Å²) in [6, 6.07) is 20.7. The summed E-state index contributed by atoms with van der Waals surface area (Å²) in [5.41, 5.74) is 3.53. The summed E-state index contributed by atoms with van der Waals surface area (Å²) in [7, 11) is 1.89. The second kappa shape index (κ2) is 15.5. The second-order valence-corrected chi connectivity index (χ2v) is 10.4. The Hall–Kier alpha value is -4.00. The van der Waals surface area contributed by atoms with E-state index in [0.29, 0.717) is 36.3 Å². The molecule has 1 heterocycles. The number of amides is 2. The number of likely N-dealkylation sites (N-methyl/N-ethyl adjacent to an activating group) is 1. The van der Waals surface area contributed by atoms with E-state index in [0.717, 1.165) is 11.1 Å². The summed E-state index contributed by atoms with van der Waals surface area (Å²) < 4.78 is 17.6. The van der Waals surface area contributed by atoms with E-state index in [9.17, 15) is 24.9 Å². The van der Waals surface area contributed by atoms with Gasteiger partial charge in [0, 0.05) is 30.8 Å². The number of ether oxygens (including phenoxy) is 3. The SMILES string of the molecule is CCOC(=O)CNC(=O)Nc1cccc(C2OC(CN(C)CC(O)c3cccc(O)c3)CC(c3ccc(CO)cc3)O2)c1. The van der Waals surface area contributed by atoms with Crippen LogP contribution in [0.2, 0.25) is 0 Å². The number of hydrogen-bond donors (Lipinski definition) is 5. The second-order valence-electron chi connectivity index (χ2n) is 10.4. The minimum atomic E-state index is -0.799. The first-order valence-corrected chi connectivity index (χ1v) is 14.2. The maximum Gasteiger partial charge on any atom is 0.325 e. The lowest BCUT2D eigenvalue weighted by molar-refractivity contribution is -0.252. The van der Waals surface area contributed by atoms with Crippen molar-refractivity contribution in [2.45, 2.75) is 44.6 Å². The molecule has 11 nitrogen and oxygen atoms in total. The molecule has 230 valence electrons. The van der Waals surface area contributed by atoms with E-state index in [-0.39, 0.29) is 37.7 Å². The predicted octanol–water partition coefficient (Wildman–Crippen LogP) is 3.78. The third-order valence-electron chi connectivity index (χ3n) is 6.99. The van der Waals surface area contributed by atoms with Crippen LogP contribution in [0.4, 0.5) is 10.5 Å². The van der Waals surface area contributed by atoms with Crippen LogP contribution in [0.3, 0.4) is 0 Å². The van der Waals surface area contributed by atoms with Gasteiger partial charge in [0.2, 0.25) is 0 Å². The number of rotatable bonds is 12. The van der Waals surface area contributed by atoms with Gasteiger partial charge < -0.3 is 45.1 Å². The molecule has 11 heteroatoms. The largest absolute Gasteiger partial charge is 0.508 e. The number of urea groups is 1. The minimum Gasteiger partial charge on any atom is -0.508 e. The summed E-state index contributed by atoms with van der Waals surface area (Å²) in [5.74, 6) is -0.433. The molecule has 0 aromatic heterocycles. The van der Waals surface area contributed by atoms with Gasteiger partial charge in [0.05, 0.1) is 31.5 Å². The molecule has 0 spiro atoms. The van der Waals surface area contributed by atoms with Crippen molar-refractivity contribution in [3.05, 3.63) is 95.1 Å². The molecular weight excluding hydrogens is 554 g/mol. The van der Waals surface area contributed by atoms with Gasteiger partial charge in [-0.25, -0.2) is 4.79 Å². The highest BCUT2D eigenvalue weighted by Crippen LogP contribution is 2.38. The molecule has 1 aliphatic rings. The Balaban J connectivity index is 1.47. The molecule has 43 heavy (non-hydrogen) atoms. The van der Waals surface area contributed by atoms with Crippen molar-refractivity contribution >= 4 is 17.7 Å². The van der Waals surface area contributed by atoms with E-state index < -0.39 is 24.4 Å². The fourth-order valence-electron chi connectivity index (χ4n) is 4.89. The number of hydrogen-bond acceptors (Lipinski definition) is 9. The number of phenols is 1. The fraction of sp³-hybridized carbons (Fsp3) is 0.375. The van der Waals surface area contributed by atoms with Crippen LogP contribution >= 0.6 is 0 Å². The molecule has 1 saturated heterocycles. The van der Waals surface area contributed by atoms with Gasteiger partial charge in [0.15, 0.2) is 6.29 Å². The number of nitrogens with one attached hydrogen (secondary N) is 2. The van der Waals surface area contributed by atoms with Gasteiger partial charge >= 0.3 is 12.0 Å². The molecule has 0 radical (unpaired) electrons. The van der Waals surface area contributed by atoms with Gasteiger partial charge in [-0.3, -0.25) is 4.79 Å². The van der Waals surface area contributed by atoms with Crippen molar-refractivity contribution in [3.8, 4) is 5.75 Å². The van der Waals surface area contributed by atoms with Crippen molar-refractivity contribution in [1.29, 1.82) is 0 Å². The highest BCUT2D eigenvalue weighted by atomic mass is 16.7. The van der Waals surface area contributed by atoms with Crippen molar-refractivity contribution in [2.24, 2.45) is 0 Å². The molecule has 0 bridgehead atoms. The Bertz CT molecular complexity index is 1350. The molecule has 0 saturated carbocycles. The van der Waals surface area contributed by atoms with Gasteiger partial charge in [-0.15, -0.1) is 0 Å². The van der Waals surface area contributed by atoms with Crippen LogP contribution in [0.25, 0.3) is 0 Å². The van der Waals surface area contributed by atoms with Gasteiger partial charge in [0.25, 0.3) is 0 Å². The Morgan fingerprint density at radius 2 is 1.81 bits per heavy atom. The van der Waals surface area contributed by atoms with Crippen LogP contribution in [0, 0.1) is 0 Å². The molecule has 4 rings (SSSR count). The minimum absolute atomic E-state index is 0.0559. The standard InChI is InChI=1S/C32H39N3O8/c1-3-41-30(39)17-33-32(40)34-25-8-4-7-24(14-25)31-42-27(16-29(43-31)22-12-10-21(20-36)11-13-22)18-35(2)19-28(38)23-6-5-9-26(37)15-23/h4-15,27-29,31,36-38H,3,16-20H2,1-2H3,(H2,33,34,40). The molecule has 4 atom stereocenters. The van der Waals surface area contributed by atoms with Crippen LogP contribution in [-0.2, 0) is 25.6 Å². The first-order chi connectivity index (χ1) is 20.7. The molecular formula is C32H39N3O8. The fourth-order valence-corrected chi connectivity index (χ4v) is 4.89. The number of benzene rings is 3. The number of nitrogens with zero attached hydrogens (tertiary/aromatic N) is 1. The third-order valence-corrected chi connectivity index (χ3v) is 6.99. The number of esters is 1. The zero-order valence-corrected chi connectivity index (χ0v) is 24.3. The van der Waals surface area contributed by atoms with Crippen molar-refractivity contribution in [2.75, 3.05) is 38.6 Å². The van der Waals surface area contributed by atoms with Gasteiger partial charge in [-0.05, 0) is 54.9 Å². The number of aliphatic hydroxyl groups is 2. The quantitative estimate of drug-likeness (QED) is 0.198. The topological polar surface area (TPSA) is 150 Å². The Morgan fingerprint density at radius 1 is 1.05 bits per heavy atom. The van der Waals surface area contributed by atoms with Crippen LogP contribution < -0.4 is 10.6 Å². The molecule has 1 aliphatic heterocycles. The molecule has 4 unspecified atom stereocenters. The summed E-state index contributed by atoms with van der Waals surface area (Å²) in [4.78, 5) is 25.9. The first kappa shape index (κ1) is 31.9. The zero-order chi connectivity index (χ0) is 30.8. The highest BCUT2D eigenvalue weighted by Gasteiger charge is 2.33. The number of carbonyl (C=O) groups is 2. The summed E-state index contributed by atoms with van der Waals surface area (Å²) >= 11 is 0. The maximum absolute atomic E-state index is 12.3. The lowest BCUT2D eigenvalue weighted by atomic mass is 9.99. The number of anilines is 1. The van der Waals surface area contributed by atoms with Gasteiger partial charge in [-0.1, -0.05) is 48.5 Å². The average molecular weight is 594 g/mol. The normalized spacial score (nSPS) is 19.0. The summed E-state index contributed by atoms with van der Waals surface area (Å²) in [5, 5.41) is 35.2. The molecule has 3 aromatic rings. The van der Waals surface area contributed by atoms with Crippen LogP contribution in [0.1, 0.15) is 54.1 Å². The molecule has 3 aromatic carbocycles. The Morgan fingerprint density at radius 3 is 2.53 bits per heavy atom. The van der Waals surface area contributed by atoms with E-state index in [4.69, 9.17) is 14.2 Å². The monoisotopic (exact) mass is 593 g/mol. The summed E-state index contributed by atoms with van der Waals surface area (Å²) in [6.07, 6.45) is -1.59. The number of carbonyl (C=O) groups excluding carboxylic acids is 2. The molecule has 1 fully saturated rings. The lowest BCUT2D eigenvalue weighted by Crippen LogP contribution is -2.39. The highest BCUT2D eigenvalue weighted by molar-refractivity contribution is 5.91. The first-order valence-electron chi connectivity index (χ1n) is 14.2. The Labute approximate surface area is 251 Å². The number of phenolic OH excluding ortho intramolecular Hbond substituents is 1. The van der Waals surface area contributed by atoms with Crippen molar-refractivity contribution < 1.29 is 39.1 Å². The van der Waals surface area contributed by atoms with E-state index in [2.05, 4.69) is 10.6 Å². The van der Waals surface area contributed by atoms with E-state index in [1.54, 1.807) is 49.4 Å². The molecule has 5 N–H and O–H groups in total. The van der Waals surface area contributed by atoms with Gasteiger partial charge in [0.1, 0.15) is 12.3 Å². The van der Waals surface area contributed by atoms with Crippen molar-refractivity contribution in [3.63, 3.8) is 0 Å². The number of aromatic hydroxyl groups is 1. The average Bonchev–Trinajstić information content (AvgIpc) is 3.00.